The molecule has 1 aromatic carbocycles. The van der Waals surface area contributed by atoms with Crippen LogP contribution in [0.3, 0.4) is 0 Å². The first-order chi connectivity index (χ1) is 16.2. The molecule has 0 aliphatic carbocycles. The second kappa shape index (κ2) is 7.36. The normalized spacial score (nSPS) is 26.1. The zero-order chi connectivity index (χ0) is 23.8. The number of aryl methyl sites for hydroxylation is 1. The van der Waals surface area contributed by atoms with E-state index in [9.17, 15) is 13.6 Å². The Bertz CT molecular complexity index is 1430. The fraction of sp³-hybridized carbons (Fsp3) is 0.391. The maximum atomic E-state index is 13.5. The van der Waals surface area contributed by atoms with Gasteiger partial charge in [0.25, 0.3) is 0 Å². The third-order valence-corrected chi connectivity index (χ3v) is 6.34. The van der Waals surface area contributed by atoms with Gasteiger partial charge in [-0.1, -0.05) is 0 Å². The summed E-state index contributed by atoms with van der Waals surface area (Å²) in [5.74, 6) is -1.25. The summed E-state index contributed by atoms with van der Waals surface area (Å²) in [6.45, 7) is 2.74. The number of hydrogen-bond donors (Lipinski definition) is 0. The molecule has 0 N–H and O–H groups in total. The van der Waals surface area contributed by atoms with Gasteiger partial charge in [0, 0.05) is 17.1 Å². The van der Waals surface area contributed by atoms with Gasteiger partial charge in [-0.2, -0.15) is 8.78 Å². The summed E-state index contributed by atoms with van der Waals surface area (Å²) < 4.78 is 47.4. The first kappa shape index (κ1) is 21.3. The molecule has 9 nitrogen and oxygen atoms in total. The predicted octanol–water partition coefficient (Wildman–Crippen LogP) is 3.78. The maximum absolute atomic E-state index is 13.5. The van der Waals surface area contributed by atoms with Crippen LogP contribution in [-0.4, -0.2) is 54.0 Å². The minimum atomic E-state index is -2.72. The molecule has 2 aliphatic heterocycles. The van der Waals surface area contributed by atoms with E-state index in [1.807, 2.05) is 23.8 Å². The molecule has 0 amide bonds. The summed E-state index contributed by atoms with van der Waals surface area (Å²) >= 11 is 0. The number of alkyl halides is 2. The summed E-state index contributed by atoms with van der Waals surface area (Å²) in [5, 5.41) is 0.871. The van der Waals surface area contributed by atoms with Crippen LogP contribution < -0.4 is 0 Å². The van der Waals surface area contributed by atoms with Crippen LogP contribution in [0.4, 0.5) is 8.78 Å². The lowest BCUT2D eigenvalue weighted by Gasteiger charge is -2.24. The number of fused-ring (bicyclic) bond motifs is 3. The van der Waals surface area contributed by atoms with Gasteiger partial charge in [-0.25, -0.2) is 15.0 Å². The van der Waals surface area contributed by atoms with E-state index in [4.69, 9.17) is 14.2 Å². The van der Waals surface area contributed by atoms with Crippen molar-refractivity contribution in [3.05, 3.63) is 54.4 Å². The molecule has 34 heavy (non-hydrogen) atoms. The van der Waals surface area contributed by atoms with E-state index < -0.39 is 36.9 Å². The fourth-order valence-electron chi connectivity index (χ4n) is 4.82. The number of rotatable bonds is 4. The Morgan fingerprint density at radius 1 is 1.12 bits per heavy atom. The average Bonchev–Trinajstić information content (AvgIpc) is 3.54. The monoisotopic (exact) mass is 469 g/mol. The van der Waals surface area contributed by atoms with Gasteiger partial charge in [0.05, 0.1) is 16.7 Å². The quantitative estimate of drug-likeness (QED) is 0.420. The van der Waals surface area contributed by atoms with Gasteiger partial charge in [-0.05, 0) is 45.0 Å². The standard InChI is InChI=1S/C23H21F2N5O4/c1-11-13-6-7-29(20(13)27-9-26-11)21-19-18(33-23(2,3)34-19)17(32-21)16(31)12-4-5-15-14(8-12)28-10-30(15)22(24)25/h4-10,17-19,21-22H,1-3H3/t17-,18-,19-,21-/m1/s1. The Morgan fingerprint density at radius 2 is 1.91 bits per heavy atom. The van der Waals surface area contributed by atoms with Gasteiger partial charge in [0.15, 0.2) is 23.9 Å². The zero-order valence-electron chi connectivity index (χ0n) is 18.6. The molecule has 4 aromatic rings. The molecule has 0 unspecified atom stereocenters. The van der Waals surface area contributed by atoms with Crippen molar-refractivity contribution in [1.29, 1.82) is 0 Å². The van der Waals surface area contributed by atoms with Crippen LogP contribution in [0, 0.1) is 6.92 Å². The van der Waals surface area contributed by atoms with Crippen LogP contribution in [0.1, 0.15) is 42.7 Å². The minimum absolute atomic E-state index is 0.241. The number of carbonyl (C=O) groups is 1. The highest BCUT2D eigenvalue weighted by Gasteiger charge is 2.58. The van der Waals surface area contributed by atoms with E-state index in [0.717, 1.165) is 22.0 Å². The first-order valence-electron chi connectivity index (χ1n) is 10.8. The number of carbonyl (C=O) groups excluding carboxylic acids is 1. The molecule has 6 rings (SSSR count). The van der Waals surface area contributed by atoms with Crippen LogP contribution in [0.5, 0.6) is 0 Å². The lowest BCUT2D eigenvalue weighted by atomic mass is 10.0. The predicted molar refractivity (Wildman–Crippen MR) is 115 cm³/mol. The lowest BCUT2D eigenvalue weighted by Crippen LogP contribution is -2.35. The largest absolute Gasteiger partial charge is 0.341 e. The Morgan fingerprint density at radius 3 is 2.71 bits per heavy atom. The van der Waals surface area contributed by atoms with E-state index in [-0.39, 0.29) is 11.3 Å². The van der Waals surface area contributed by atoms with Gasteiger partial charge in [-0.15, -0.1) is 0 Å². The van der Waals surface area contributed by atoms with E-state index in [1.54, 1.807) is 13.8 Å². The van der Waals surface area contributed by atoms with Crippen molar-refractivity contribution in [2.45, 2.75) is 57.6 Å². The van der Waals surface area contributed by atoms with Crippen LogP contribution in [0.15, 0.2) is 43.1 Å². The Hall–Kier alpha value is -3.28. The van der Waals surface area contributed by atoms with Crippen molar-refractivity contribution in [3.63, 3.8) is 0 Å². The third-order valence-electron chi connectivity index (χ3n) is 6.34. The summed E-state index contributed by atoms with van der Waals surface area (Å²) in [5.41, 5.74) is 2.32. The molecule has 0 spiro atoms. The van der Waals surface area contributed by atoms with Gasteiger partial charge in [0.2, 0.25) is 0 Å². The van der Waals surface area contributed by atoms with Gasteiger partial charge in [-0.3, -0.25) is 9.36 Å². The third kappa shape index (κ3) is 3.15. The molecule has 3 aromatic heterocycles. The van der Waals surface area contributed by atoms with Crippen molar-refractivity contribution < 1.29 is 27.8 Å². The summed E-state index contributed by atoms with van der Waals surface area (Å²) in [6.07, 6.45) is 1.52. The van der Waals surface area contributed by atoms with Gasteiger partial charge in [0.1, 0.15) is 30.5 Å². The molecule has 4 atom stereocenters. The Labute approximate surface area is 192 Å². The van der Waals surface area contributed by atoms with Crippen LogP contribution in [0.25, 0.3) is 22.1 Å². The minimum Gasteiger partial charge on any atom is -0.341 e. The second-order valence-corrected chi connectivity index (χ2v) is 8.93. The van der Waals surface area contributed by atoms with Crippen molar-refractivity contribution in [2.75, 3.05) is 0 Å². The fourth-order valence-corrected chi connectivity index (χ4v) is 4.82. The smallest absolute Gasteiger partial charge is 0.320 e. The van der Waals surface area contributed by atoms with Crippen molar-refractivity contribution in [3.8, 4) is 0 Å². The van der Waals surface area contributed by atoms with Crippen molar-refractivity contribution in [1.82, 2.24) is 24.1 Å². The van der Waals surface area contributed by atoms with Crippen molar-refractivity contribution >= 4 is 27.9 Å². The number of halogens is 2. The van der Waals surface area contributed by atoms with E-state index >= 15 is 0 Å². The van der Waals surface area contributed by atoms with E-state index in [1.165, 1.54) is 24.5 Å². The van der Waals surface area contributed by atoms with E-state index in [0.29, 0.717) is 16.7 Å². The molecule has 11 heteroatoms. The number of aromatic nitrogens is 5. The molecular weight excluding hydrogens is 448 g/mol. The molecule has 0 radical (unpaired) electrons. The zero-order valence-corrected chi connectivity index (χ0v) is 18.6. The highest BCUT2D eigenvalue weighted by Crippen LogP contribution is 2.45. The highest BCUT2D eigenvalue weighted by molar-refractivity contribution is 6.02. The van der Waals surface area contributed by atoms with Crippen LogP contribution in [0.2, 0.25) is 0 Å². The SMILES string of the molecule is Cc1ncnc2c1ccn2[C@@H]1O[C@H](C(=O)c2ccc3c(c2)ncn3C(F)F)[C@H]2OC(C)(C)O[C@H]21. The van der Waals surface area contributed by atoms with E-state index in [2.05, 4.69) is 15.0 Å². The topological polar surface area (TPSA) is 93.3 Å². The number of imidazole rings is 1. The molecule has 0 bridgehead atoms. The molecule has 176 valence electrons. The first-order valence-corrected chi connectivity index (χ1v) is 10.8. The van der Waals surface area contributed by atoms with Crippen LogP contribution >= 0.6 is 0 Å². The van der Waals surface area contributed by atoms with Crippen molar-refractivity contribution in [2.24, 2.45) is 0 Å². The number of Topliss-reactive ketones (excluding diaryl/α,β-unsaturated/α-hetero) is 1. The molecule has 2 fully saturated rings. The summed E-state index contributed by atoms with van der Waals surface area (Å²) in [6, 6.07) is 6.34. The summed E-state index contributed by atoms with van der Waals surface area (Å²) in [4.78, 5) is 26.2. The number of ether oxygens (including phenoxy) is 3. The number of nitrogens with zero attached hydrogens (tertiary/aromatic N) is 5. The van der Waals surface area contributed by atoms with Crippen LogP contribution in [-0.2, 0) is 14.2 Å². The molecule has 5 heterocycles. The maximum Gasteiger partial charge on any atom is 0.320 e. The van der Waals surface area contributed by atoms with Gasteiger partial charge < -0.3 is 18.8 Å². The number of hydrogen-bond acceptors (Lipinski definition) is 7. The Kier molecular flexibility index (Phi) is 4.60. The highest BCUT2D eigenvalue weighted by atomic mass is 19.3. The number of benzene rings is 1. The second-order valence-electron chi connectivity index (χ2n) is 8.93. The molecule has 2 saturated heterocycles. The average molecular weight is 469 g/mol. The number of ketones is 1. The van der Waals surface area contributed by atoms with Gasteiger partial charge >= 0.3 is 6.55 Å². The molecule has 2 aliphatic rings. The molecular formula is C23H21F2N5O4. The Balaban J connectivity index is 1.37. The lowest BCUT2D eigenvalue weighted by molar-refractivity contribution is -0.190. The molecule has 0 saturated carbocycles. The summed E-state index contributed by atoms with van der Waals surface area (Å²) in [7, 11) is 0.